The van der Waals surface area contributed by atoms with Gasteiger partial charge in [-0.1, -0.05) is 20.4 Å². The highest BCUT2D eigenvalue weighted by molar-refractivity contribution is 5.84. The molecule has 7 heteroatoms. The molecule has 0 fully saturated rings. The molecule has 2 aromatic carbocycles. The third kappa shape index (κ3) is 4.64. The maximum absolute atomic E-state index is 14.3. The minimum atomic E-state index is -2.58. The van der Waals surface area contributed by atoms with Crippen molar-refractivity contribution in [2.75, 3.05) is 42.4 Å². The van der Waals surface area contributed by atoms with E-state index in [0.29, 0.717) is 5.56 Å². The van der Waals surface area contributed by atoms with Crippen molar-refractivity contribution in [1.29, 1.82) is 0 Å². The Hall–Kier alpha value is -3.35. The molecule has 1 aliphatic heterocycles. The van der Waals surface area contributed by atoms with E-state index in [4.69, 9.17) is 0 Å². The average molecular weight is 480 g/mol. The Labute approximate surface area is 207 Å². The van der Waals surface area contributed by atoms with Gasteiger partial charge in [0.05, 0.1) is 17.6 Å². The summed E-state index contributed by atoms with van der Waals surface area (Å²) in [5, 5.41) is 4.20. The van der Waals surface area contributed by atoms with Crippen LogP contribution < -0.4 is 14.7 Å². The van der Waals surface area contributed by atoms with E-state index in [1.165, 1.54) is 5.56 Å². The van der Waals surface area contributed by atoms with Gasteiger partial charge in [-0.15, -0.1) is 0 Å². The first-order valence-corrected chi connectivity index (χ1v) is 12.0. The van der Waals surface area contributed by atoms with Crippen molar-refractivity contribution >= 4 is 22.7 Å². The molecule has 0 N–H and O–H groups in total. The lowest BCUT2D eigenvalue weighted by molar-refractivity contribution is 0.152. The molecular weight excluding hydrogens is 444 g/mol. The van der Waals surface area contributed by atoms with Crippen molar-refractivity contribution in [1.82, 2.24) is 9.78 Å². The van der Waals surface area contributed by atoms with E-state index >= 15 is 0 Å². The standard InChI is InChI=1S/C28H35F2N5/c1-8-33(6)26-14-21(13-22(18(2)3)27(26)32(4)5)35-11-9-10-19-12-23(20-16-31-34(7)17-20)24(28(29)30)15-25(19)35/h8,12-18,28H,1,9-11H2,2-7H3. The Morgan fingerprint density at radius 2 is 1.83 bits per heavy atom. The molecule has 186 valence electrons. The molecule has 4 rings (SSSR count). The molecule has 0 radical (unpaired) electrons. The van der Waals surface area contributed by atoms with Crippen molar-refractivity contribution < 1.29 is 8.78 Å². The maximum atomic E-state index is 14.3. The highest BCUT2D eigenvalue weighted by atomic mass is 19.3. The minimum absolute atomic E-state index is 0.0427. The molecule has 0 amide bonds. The van der Waals surface area contributed by atoms with Crippen molar-refractivity contribution in [2.24, 2.45) is 7.05 Å². The third-order valence-electron chi connectivity index (χ3n) is 6.76. The second-order valence-electron chi connectivity index (χ2n) is 9.77. The first kappa shape index (κ1) is 24.8. The molecule has 0 saturated carbocycles. The SMILES string of the molecule is C=CN(C)c1cc(N2CCCc3cc(-c4cnn(C)c4)c(C(F)F)cc32)cc(C(C)C)c1N(C)C. The number of hydrogen-bond acceptors (Lipinski definition) is 4. The normalized spacial score (nSPS) is 13.4. The van der Waals surface area contributed by atoms with Crippen LogP contribution in [0.15, 0.2) is 49.4 Å². The average Bonchev–Trinajstić information content (AvgIpc) is 3.27. The van der Waals surface area contributed by atoms with Gasteiger partial charge in [0.15, 0.2) is 0 Å². The van der Waals surface area contributed by atoms with Crippen LogP contribution in [0.25, 0.3) is 11.1 Å². The Balaban J connectivity index is 1.91. The fourth-order valence-electron chi connectivity index (χ4n) is 4.98. The molecule has 3 aromatic rings. The summed E-state index contributed by atoms with van der Waals surface area (Å²) in [5.41, 5.74) is 7.67. The van der Waals surface area contributed by atoms with Crippen LogP contribution in [-0.2, 0) is 13.5 Å². The van der Waals surface area contributed by atoms with Crippen molar-refractivity contribution in [3.8, 4) is 11.1 Å². The molecular formula is C28H35F2N5. The Morgan fingerprint density at radius 1 is 1.09 bits per heavy atom. The van der Waals surface area contributed by atoms with E-state index in [1.54, 1.807) is 36.4 Å². The number of fused-ring (bicyclic) bond motifs is 1. The number of halogens is 2. The Morgan fingerprint density at radius 3 is 2.40 bits per heavy atom. The van der Waals surface area contributed by atoms with Gasteiger partial charge < -0.3 is 14.7 Å². The molecule has 0 saturated heterocycles. The van der Waals surface area contributed by atoms with E-state index < -0.39 is 6.43 Å². The number of rotatable bonds is 7. The van der Waals surface area contributed by atoms with Gasteiger partial charge in [-0.3, -0.25) is 4.68 Å². The van der Waals surface area contributed by atoms with Crippen molar-refractivity contribution in [3.05, 3.63) is 66.1 Å². The molecule has 1 aliphatic rings. The number of alkyl halides is 2. The molecule has 5 nitrogen and oxygen atoms in total. The van der Waals surface area contributed by atoms with Gasteiger partial charge in [0, 0.05) is 63.4 Å². The Bertz CT molecular complexity index is 1230. The second-order valence-corrected chi connectivity index (χ2v) is 9.77. The lowest BCUT2D eigenvalue weighted by Crippen LogP contribution is -2.26. The van der Waals surface area contributed by atoms with Gasteiger partial charge >= 0.3 is 0 Å². The largest absolute Gasteiger partial charge is 0.376 e. The molecule has 0 atom stereocenters. The van der Waals surface area contributed by atoms with E-state index in [1.807, 2.05) is 32.1 Å². The van der Waals surface area contributed by atoms with Crippen LogP contribution in [0, 0.1) is 0 Å². The number of hydrogen-bond donors (Lipinski definition) is 0. The second kappa shape index (κ2) is 9.72. The molecule has 1 aromatic heterocycles. The van der Waals surface area contributed by atoms with E-state index in [0.717, 1.165) is 53.3 Å². The van der Waals surface area contributed by atoms with Gasteiger partial charge in [-0.25, -0.2) is 8.78 Å². The first-order chi connectivity index (χ1) is 16.6. The van der Waals surface area contributed by atoms with Gasteiger partial charge in [-0.05, 0) is 65.9 Å². The van der Waals surface area contributed by atoms with Crippen molar-refractivity contribution in [3.63, 3.8) is 0 Å². The highest BCUT2D eigenvalue weighted by Gasteiger charge is 2.27. The molecule has 0 spiro atoms. The van der Waals surface area contributed by atoms with E-state index in [9.17, 15) is 8.78 Å². The van der Waals surface area contributed by atoms with Crippen LogP contribution in [-0.4, -0.2) is 37.5 Å². The number of nitrogens with zero attached hydrogens (tertiary/aromatic N) is 5. The molecule has 0 aliphatic carbocycles. The summed E-state index contributed by atoms with van der Waals surface area (Å²) < 4.78 is 30.2. The molecule has 0 unspecified atom stereocenters. The topological polar surface area (TPSA) is 27.5 Å². The van der Waals surface area contributed by atoms with Crippen molar-refractivity contribution in [2.45, 2.75) is 39.0 Å². The van der Waals surface area contributed by atoms with Gasteiger partial charge in [0.25, 0.3) is 6.43 Å². The predicted molar refractivity (Wildman–Crippen MR) is 142 cm³/mol. The summed E-state index contributed by atoms with van der Waals surface area (Å²) in [6.45, 7) is 9.11. The zero-order valence-electron chi connectivity index (χ0n) is 21.5. The van der Waals surface area contributed by atoms with E-state index in [2.05, 4.69) is 47.5 Å². The fraction of sp³-hybridized carbons (Fsp3) is 0.393. The van der Waals surface area contributed by atoms with Crippen LogP contribution in [0.1, 0.15) is 49.3 Å². The first-order valence-electron chi connectivity index (χ1n) is 12.0. The number of aryl methyl sites for hydroxylation is 2. The zero-order valence-corrected chi connectivity index (χ0v) is 21.5. The summed E-state index contributed by atoms with van der Waals surface area (Å²) in [5.74, 6) is 0.290. The minimum Gasteiger partial charge on any atom is -0.376 e. The van der Waals surface area contributed by atoms with Crippen LogP contribution in [0.4, 0.5) is 31.5 Å². The summed E-state index contributed by atoms with van der Waals surface area (Å²) in [6.07, 6.45) is 4.47. The molecule has 2 heterocycles. The summed E-state index contributed by atoms with van der Waals surface area (Å²) >= 11 is 0. The quantitative estimate of drug-likeness (QED) is 0.369. The summed E-state index contributed by atoms with van der Waals surface area (Å²) in [4.78, 5) is 6.35. The number of benzene rings is 2. The van der Waals surface area contributed by atoms with Crippen LogP contribution >= 0.6 is 0 Å². The van der Waals surface area contributed by atoms with Gasteiger partial charge in [0.1, 0.15) is 0 Å². The van der Waals surface area contributed by atoms with Gasteiger partial charge in [-0.2, -0.15) is 5.10 Å². The zero-order chi connectivity index (χ0) is 25.4. The van der Waals surface area contributed by atoms with Gasteiger partial charge in [0.2, 0.25) is 0 Å². The summed E-state index contributed by atoms with van der Waals surface area (Å²) in [7, 11) is 7.88. The molecule has 35 heavy (non-hydrogen) atoms. The third-order valence-corrected chi connectivity index (χ3v) is 6.76. The lowest BCUT2D eigenvalue weighted by Gasteiger charge is -2.35. The smallest absolute Gasteiger partial charge is 0.264 e. The van der Waals surface area contributed by atoms with Crippen LogP contribution in [0.2, 0.25) is 0 Å². The number of aromatic nitrogens is 2. The Kier molecular flexibility index (Phi) is 6.88. The lowest BCUT2D eigenvalue weighted by atomic mass is 9.92. The summed E-state index contributed by atoms with van der Waals surface area (Å²) in [6, 6.07) is 7.99. The maximum Gasteiger partial charge on any atom is 0.264 e. The van der Waals surface area contributed by atoms with Crippen LogP contribution in [0.5, 0.6) is 0 Å². The number of anilines is 4. The fourth-order valence-corrected chi connectivity index (χ4v) is 4.98. The predicted octanol–water partition coefficient (Wildman–Crippen LogP) is 6.88. The molecule has 0 bridgehead atoms. The van der Waals surface area contributed by atoms with Crippen LogP contribution in [0.3, 0.4) is 0 Å². The van der Waals surface area contributed by atoms with E-state index in [-0.39, 0.29) is 11.5 Å². The monoisotopic (exact) mass is 479 g/mol. The highest BCUT2D eigenvalue weighted by Crippen LogP contribution is 2.45.